The Labute approximate surface area is 290 Å². The van der Waals surface area contributed by atoms with Gasteiger partial charge in [-0.15, -0.1) is 0 Å². The van der Waals surface area contributed by atoms with Gasteiger partial charge >= 0.3 is 24.0 Å². The minimum Gasteiger partial charge on any atom is -0.463 e. The van der Waals surface area contributed by atoms with E-state index in [1.165, 1.54) is 17.2 Å². The Morgan fingerprint density at radius 2 is 1.55 bits per heavy atom. The number of anilines is 1. The molecule has 0 saturated carbocycles. The highest BCUT2D eigenvalue weighted by Gasteiger charge is 2.49. The van der Waals surface area contributed by atoms with Crippen molar-refractivity contribution in [3.63, 3.8) is 0 Å². The molecule has 266 valence electrons. The highest BCUT2D eigenvalue weighted by Crippen LogP contribution is 2.36. The van der Waals surface area contributed by atoms with Crippen LogP contribution in [0, 0.1) is 0 Å². The highest BCUT2D eigenvalue weighted by atomic mass is 32.2. The second-order valence-corrected chi connectivity index (χ2v) is 15.6. The predicted molar refractivity (Wildman–Crippen MR) is 178 cm³/mol. The average Bonchev–Trinajstić information content (AvgIpc) is 3.92. The number of fused-ring (bicyclic) bond motifs is 3. The number of imidazole rings is 1. The molecule has 0 aromatic carbocycles. The Kier molecular flexibility index (Phi) is 10.2. The number of carbonyl (C=O) groups is 4. The summed E-state index contributed by atoms with van der Waals surface area (Å²) in [6, 6.07) is 0.276. The predicted octanol–water partition coefficient (Wildman–Crippen LogP) is 0.573. The van der Waals surface area contributed by atoms with Gasteiger partial charge in [-0.05, 0) is 25.7 Å². The number of thioether (sulfide) groups is 2. The lowest BCUT2D eigenvalue weighted by Gasteiger charge is -2.22. The number of hydrogen-bond donors (Lipinski definition) is 6. The van der Waals surface area contributed by atoms with Gasteiger partial charge in [0.15, 0.2) is 23.8 Å². The lowest BCUT2D eigenvalue weighted by Crippen LogP contribution is -2.37. The first-order chi connectivity index (χ1) is 23.7. The molecule has 2 aromatic heterocycles. The van der Waals surface area contributed by atoms with Crippen molar-refractivity contribution in [1.82, 2.24) is 40.8 Å². The summed E-state index contributed by atoms with van der Waals surface area (Å²) in [5.74, 6) is 0.993. The molecule has 5 aliphatic heterocycles. The Hall–Kier alpha value is -3.55. The van der Waals surface area contributed by atoms with Crippen molar-refractivity contribution >= 4 is 64.5 Å². The maximum Gasteiger partial charge on any atom is 0.315 e. The quantitative estimate of drug-likeness (QED) is 0.0891. The van der Waals surface area contributed by atoms with Gasteiger partial charge in [-0.25, -0.2) is 24.5 Å². The third kappa shape index (κ3) is 7.34. The number of ether oxygens (including phenoxy) is 3. The number of amides is 4. The second-order valence-electron chi connectivity index (χ2n) is 13.0. The maximum absolute atomic E-state index is 13.0. The van der Waals surface area contributed by atoms with Gasteiger partial charge in [-0.1, -0.05) is 12.8 Å². The molecule has 7 N–H and O–H groups in total. The van der Waals surface area contributed by atoms with Crippen molar-refractivity contribution in [2.45, 2.75) is 111 Å². The molecule has 10 atom stereocenters. The van der Waals surface area contributed by atoms with E-state index in [-0.39, 0.29) is 66.7 Å². The zero-order chi connectivity index (χ0) is 34.1. The molecule has 19 heteroatoms. The number of nitrogens with zero attached hydrogens (tertiary/aromatic N) is 4. The molecule has 0 radical (unpaired) electrons. The number of carbonyl (C=O) groups excluding carboxylic acids is 4. The number of rotatable bonds is 14. The molecule has 0 spiro atoms. The fourth-order valence-electron chi connectivity index (χ4n) is 7.24. The molecule has 7 heterocycles. The Morgan fingerprint density at radius 3 is 2.20 bits per heavy atom. The van der Waals surface area contributed by atoms with Crippen LogP contribution in [-0.2, 0) is 23.8 Å². The van der Waals surface area contributed by atoms with Gasteiger partial charge in [0.2, 0.25) is 0 Å². The van der Waals surface area contributed by atoms with E-state index in [2.05, 4.69) is 36.2 Å². The number of hydrogen-bond acceptors (Lipinski definition) is 14. The van der Waals surface area contributed by atoms with E-state index in [0.29, 0.717) is 29.3 Å². The van der Waals surface area contributed by atoms with Crippen LogP contribution in [0.25, 0.3) is 11.2 Å². The van der Waals surface area contributed by atoms with Gasteiger partial charge in [0, 0.05) is 34.8 Å². The Bertz CT molecular complexity index is 1570. The number of aromatic nitrogens is 4. The first-order valence-corrected chi connectivity index (χ1v) is 18.8. The van der Waals surface area contributed by atoms with Crippen LogP contribution in [-0.4, -0.2) is 120 Å². The minimum atomic E-state index is -1.30. The van der Waals surface area contributed by atoms with Crippen LogP contribution in [0.1, 0.15) is 57.6 Å². The maximum atomic E-state index is 13.0. The van der Waals surface area contributed by atoms with Crippen LogP contribution in [0.3, 0.4) is 0 Å². The molecule has 0 aliphatic carbocycles. The van der Waals surface area contributed by atoms with E-state index in [9.17, 15) is 24.3 Å². The van der Waals surface area contributed by atoms with Gasteiger partial charge < -0.3 is 46.3 Å². The molecule has 49 heavy (non-hydrogen) atoms. The molecule has 5 aliphatic rings. The molecular weight excluding hydrogens is 679 g/mol. The van der Waals surface area contributed by atoms with Crippen molar-refractivity contribution in [2.75, 3.05) is 23.8 Å². The third-order valence-corrected chi connectivity index (χ3v) is 12.8. The molecular formula is C30H41N9O8S2. The topological polar surface area (TPSA) is 234 Å². The summed E-state index contributed by atoms with van der Waals surface area (Å²) in [4.78, 5) is 61.5. The van der Waals surface area contributed by atoms with Gasteiger partial charge in [0.1, 0.15) is 30.7 Å². The number of unbranched alkanes of at least 4 members (excludes halogenated alkanes) is 2. The molecule has 7 rings (SSSR count). The second kappa shape index (κ2) is 14.7. The van der Waals surface area contributed by atoms with E-state index in [1.54, 1.807) is 0 Å². The van der Waals surface area contributed by atoms with Gasteiger partial charge in [-0.3, -0.25) is 14.2 Å². The summed E-state index contributed by atoms with van der Waals surface area (Å²) in [6.45, 7) is -0.235. The minimum absolute atomic E-state index is 0.101. The van der Waals surface area contributed by atoms with Crippen molar-refractivity contribution < 1.29 is 38.5 Å². The standard InChI is InChI=1S/C30H41N9O8S2/c31-26-23-27(33-12-32-26)39(13-34-23)28-25(47-20(41)8-4-2-6-18-22-15(11-49-18)36-30(44)38-22)24(42)16(46-28)9-45-19(40)7-3-1-5-17-21-14(10-48-17)35-29(43)37-21/h12-18,21-22,24-25,28,42H,1-11H2,(H2,31,32,33)(H2,35,37,43)(H2,36,38,44)/t14-,15-,16?,17-,18-,21-,22-,24?,25?,28?/m0/s1. The molecule has 5 fully saturated rings. The molecule has 0 bridgehead atoms. The Morgan fingerprint density at radius 1 is 0.918 bits per heavy atom. The highest BCUT2D eigenvalue weighted by molar-refractivity contribution is 8.00. The molecule has 4 unspecified atom stereocenters. The smallest absolute Gasteiger partial charge is 0.315 e. The third-order valence-electron chi connectivity index (χ3n) is 9.77. The monoisotopic (exact) mass is 719 g/mol. The van der Waals surface area contributed by atoms with Gasteiger partial charge in [0.05, 0.1) is 30.5 Å². The summed E-state index contributed by atoms with van der Waals surface area (Å²) < 4.78 is 19.0. The van der Waals surface area contributed by atoms with E-state index >= 15 is 0 Å². The number of esters is 2. The van der Waals surface area contributed by atoms with E-state index in [1.807, 2.05) is 23.5 Å². The number of nitrogen functional groups attached to an aromatic ring is 1. The molecule has 5 saturated heterocycles. The van der Waals surface area contributed by atoms with Crippen molar-refractivity contribution in [3.05, 3.63) is 12.7 Å². The van der Waals surface area contributed by atoms with E-state index in [4.69, 9.17) is 19.9 Å². The lowest BCUT2D eigenvalue weighted by atomic mass is 10.0. The summed E-state index contributed by atoms with van der Waals surface area (Å²) in [6.07, 6.45) is 3.15. The van der Waals surface area contributed by atoms with E-state index < -0.39 is 36.5 Å². The SMILES string of the molecule is Nc1ncnc2c1ncn2C1OC(COC(=O)CCCC[C@@H]2SC[C@@H]3NC(=O)N[C@@H]32)C(O)C1OC(=O)CCCC[C@@H]1SC[C@@H]2NC(=O)N[C@@H]21. The first-order valence-electron chi connectivity index (χ1n) is 16.7. The van der Waals surface area contributed by atoms with Crippen LogP contribution in [0.5, 0.6) is 0 Å². The summed E-state index contributed by atoms with van der Waals surface area (Å²) in [5, 5.41) is 23.7. The fourth-order valence-corrected chi connectivity index (χ4v) is 10.3. The average molecular weight is 720 g/mol. The molecule has 4 amide bonds. The summed E-state index contributed by atoms with van der Waals surface area (Å²) >= 11 is 3.65. The first kappa shape index (κ1) is 33.9. The molecule has 17 nitrogen and oxygen atoms in total. The number of urea groups is 2. The zero-order valence-corrected chi connectivity index (χ0v) is 28.3. The number of nitrogens with two attached hydrogens (primary N) is 1. The van der Waals surface area contributed by atoms with Crippen molar-refractivity contribution in [1.29, 1.82) is 0 Å². The molecule has 2 aromatic rings. The number of aliphatic hydroxyl groups is 1. The number of nitrogens with one attached hydrogen (secondary N) is 4. The lowest BCUT2D eigenvalue weighted by molar-refractivity contribution is -0.158. The largest absolute Gasteiger partial charge is 0.463 e. The fraction of sp³-hybridized carbons (Fsp3) is 0.700. The van der Waals surface area contributed by atoms with Gasteiger partial charge in [-0.2, -0.15) is 23.5 Å². The number of aliphatic hydroxyl groups excluding tert-OH is 1. The summed E-state index contributed by atoms with van der Waals surface area (Å²) in [5.41, 5.74) is 6.64. The van der Waals surface area contributed by atoms with Crippen molar-refractivity contribution in [2.24, 2.45) is 0 Å². The van der Waals surface area contributed by atoms with Crippen molar-refractivity contribution in [3.8, 4) is 0 Å². The Balaban J connectivity index is 0.906. The van der Waals surface area contributed by atoms with Gasteiger partial charge in [0.25, 0.3) is 0 Å². The van der Waals surface area contributed by atoms with Crippen LogP contribution in [0.4, 0.5) is 15.4 Å². The van der Waals surface area contributed by atoms with Crippen LogP contribution in [0.2, 0.25) is 0 Å². The van der Waals surface area contributed by atoms with Crippen LogP contribution >= 0.6 is 23.5 Å². The van der Waals surface area contributed by atoms with Crippen LogP contribution in [0.15, 0.2) is 12.7 Å². The van der Waals surface area contributed by atoms with Crippen LogP contribution < -0.4 is 27.0 Å². The normalized spacial score (nSPS) is 33.1. The van der Waals surface area contributed by atoms with E-state index in [0.717, 1.165) is 37.2 Å². The zero-order valence-electron chi connectivity index (χ0n) is 26.7. The summed E-state index contributed by atoms with van der Waals surface area (Å²) in [7, 11) is 0.